The lowest BCUT2D eigenvalue weighted by Crippen LogP contribution is -2.68. The molecule has 1 aliphatic heterocycles. The first-order chi connectivity index (χ1) is 16.6. The van der Waals surface area contributed by atoms with E-state index in [-0.39, 0.29) is 30.6 Å². The number of carbonyl (C=O) groups excluding carboxylic acids is 3. The lowest BCUT2D eigenvalue weighted by molar-refractivity contribution is -0.164. The average Bonchev–Trinajstić information content (AvgIpc) is 2.77. The SMILES string of the molecule is CCOC(=O)CCCN(Cc1ccc(Cl)cc1)C(=O)C1(C)CCN1C(=O)Cc1cc(C)cc(C)c1. The highest BCUT2D eigenvalue weighted by Crippen LogP contribution is 2.34. The summed E-state index contributed by atoms with van der Waals surface area (Å²) in [7, 11) is 0. The van der Waals surface area contributed by atoms with E-state index in [1.54, 1.807) is 28.9 Å². The molecule has 3 rings (SSSR count). The first-order valence-electron chi connectivity index (χ1n) is 12.2. The van der Waals surface area contributed by atoms with Gasteiger partial charge >= 0.3 is 5.97 Å². The van der Waals surface area contributed by atoms with Gasteiger partial charge in [-0.3, -0.25) is 14.4 Å². The second-order valence-electron chi connectivity index (χ2n) is 9.50. The van der Waals surface area contributed by atoms with Crippen LogP contribution in [-0.4, -0.2) is 52.8 Å². The molecule has 1 atom stereocenters. The molecular weight excluding hydrogens is 464 g/mol. The Morgan fingerprint density at radius 1 is 1.06 bits per heavy atom. The van der Waals surface area contributed by atoms with Crippen LogP contribution in [0.25, 0.3) is 0 Å². The monoisotopic (exact) mass is 498 g/mol. The molecule has 7 heteroatoms. The van der Waals surface area contributed by atoms with E-state index in [0.717, 1.165) is 22.3 Å². The summed E-state index contributed by atoms with van der Waals surface area (Å²) in [4.78, 5) is 42.3. The number of amides is 2. The van der Waals surface area contributed by atoms with Crippen LogP contribution < -0.4 is 0 Å². The smallest absolute Gasteiger partial charge is 0.305 e. The molecule has 2 aromatic rings. The summed E-state index contributed by atoms with van der Waals surface area (Å²) in [6.45, 7) is 9.33. The zero-order chi connectivity index (χ0) is 25.6. The van der Waals surface area contributed by atoms with Gasteiger partial charge in [0.25, 0.3) is 0 Å². The molecule has 2 amide bonds. The first kappa shape index (κ1) is 26.7. The van der Waals surface area contributed by atoms with Crippen LogP contribution in [0.5, 0.6) is 0 Å². The van der Waals surface area contributed by atoms with E-state index >= 15 is 0 Å². The Hall–Kier alpha value is -2.86. The van der Waals surface area contributed by atoms with Crippen LogP contribution in [0.3, 0.4) is 0 Å². The molecule has 0 aliphatic carbocycles. The van der Waals surface area contributed by atoms with E-state index in [4.69, 9.17) is 16.3 Å². The van der Waals surface area contributed by atoms with Gasteiger partial charge in [-0.2, -0.15) is 0 Å². The van der Waals surface area contributed by atoms with Gasteiger partial charge in [-0.15, -0.1) is 0 Å². The lowest BCUT2D eigenvalue weighted by atomic mass is 9.84. The number of rotatable bonds is 10. The van der Waals surface area contributed by atoms with Crippen molar-refractivity contribution in [1.82, 2.24) is 9.80 Å². The molecule has 1 fully saturated rings. The molecule has 0 aromatic heterocycles. The maximum atomic E-state index is 13.8. The number of aryl methyl sites for hydroxylation is 2. The van der Waals surface area contributed by atoms with Gasteiger partial charge in [0, 0.05) is 31.1 Å². The molecule has 1 unspecified atom stereocenters. The number of benzene rings is 2. The third-order valence-electron chi connectivity index (χ3n) is 6.50. The zero-order valence-electron chi connectivity index (χ0n) is 21.1. The lowest BCUT2D eigenvalue weighted by Gasteiger charge is -2.51. The Labute approximate surface area is 213 Å². The average molecular weight is 499 g/mol. The van der Waals surface area contributed by atoms with E-state index < -0.39 is 5.54 Å². The molecular formula is C28H35ClN2O4. The molecule has 0 spiro atoms. The van der Waals surface area contributed by atoms with E-state index in [9.17, 15) is 14.4 Å². The molecule has 0 saturated carbocycles. The largest absolute Gasteiger partial charge is 0.466 e. The highest BCUT2D eigenvalue weighted by atomic mass is 35.5. The number of ether oxygens (including phenoxy) is 1. The fourth-order valence-corrected chi connectivity index (χ4v) is 4.80. The Balaban J connectivity index is 1.73. The first-order valence-corrected chi connectivity index (χ1v) is 12.6. The van der Waals surface area contributed by atoms with Crippen LogP contribution in [0.2, 0.25) is 5.02 Å². The van der Waals surface area contributed by atoms with Crippen molar-refractivity contribution in [2.75, 3.05) is 19.7 Å². The van der Waals surface area contributed by atoms with Crippen LogP contribution in [0.15, 0.2) is 42.5 Å². The van der Waals surface area contributed by atoms with E-state index in [1.165, 1.54) is 0 Å². The highest BCUT2D eigenvalue weighted by molar-refractivity contribution is 6.30. The van der Waals surface area contributed by atoms with Crippen LogP contribution in [0.1, 0.15) is 55.4 Å². The summed E-state index contributed by atoms with van der Waals surface area (Å²) < 4.78 is 5.03. The van der Waals surface area contributed by atoms with Crippen LogP contribution in [0.4, 0.5) is 0 Å². The summed E-state index contributed by atoms with van der Waals surface area (Å²) >= 11 is 6.03. The molecule has 1 heterocycles. The second-order valence-corrected chi connectivity index (χ2v) is 9.94. The maximum Gasteiger partial charge on any atom is 0.305 e. The Kier molecular flexibility index (Phi) is 8.95. The normalized spacial score (nSPS) is 17.0. The maximum absolute atomic E-state index is 13.8. The van der Waals surface area contributed by atoms with E-state index in [0.29, 0.717) is 44.1 Å². The minimum Gasteiger partial charge on any atom is -0.466 e. The number of likely N-dealkylation sites (tertiary alicyclic amines) is 1. The third-order valence-corrected chi connectivity index (χ3v) is 6.76. The van der Waals surface area contributed by atoms with E-state index in [1.807, 2.05) is 45.0 Å². The van der Waals surface area contributed by atoms with Gasteiger partial charge in [0.1, 0.15) is 5.54 Å². The molecule has 0 radical (unpaired) electrons. The van der Waals surface area contributed by atoms with Gasteiger partial charge in [0.05, 0.1) is 13.0 Å². The van der Waals surface area contributed by atoms with Crippen molar-refractivity contribution >= 4 is 29.4 Å². The summed E-state index contributed by atoms with van der Waals surface area (Å²) in [5.41, 5.74) is 3.24. The van der Waals surface area contributed by atoms with Gasteiger partial charge in [-0.05, 0) is 63.8 Å². The number of nitrogens with zero attached hydrogens (tertiary/aromatic N) is 2. The van der Waals surface area contributed by atoms with Gasteiger partial charge in [0.2, 0.25) is 11.8 Å². The van der Waals surface area contributed by atoms with Crippen molar-refractivity contribution in [1.29, 1.82) is 0 Å². The summed E-state index contributed by atoms with van der Waals surface area (Å²) in [6, 6.07) is 13.5. The Morgan fingerprint density at radius 3 is 2.29 bits per heavy atom. The zero-order valence-corrected chi connectivity index (χ0v) is 21.9. The number of esters is 1. The fourth-order valence-electron chi connectivity index (χ4n) is 4.67. The van der Waals surface area contributed by atoms with Gasteiger partial charge in [-0.25, -0.2) is 0 Å². The quantitative estimate of drug-likeness (QED) is 0.439. The van der Waals surface area contributed by atoms with Gasteiger partial charge in [-0.1, -0.05) is 53.1 Å². The molecule has 6 nitrogen and oxygen atoms in total. The summed E-state index contributed by atoms with van der Waals surface area (Å²) in [5.74, 6) is -0.419. The predicted molar refractivity (Wildman–Crippen MR) is 137 cm³/mol. The highest BCUT2D eigenvalue weighted by Gasteiger charge is 2.50. The number of hydrogen-bond acceptors (Lipinski definition) is 4. The molecule has 1 aliphatic rings. The van der Waals surface area contributed by atoms with E-state index in [2.05, 4.69) is 6.07 Å². The van der Waals surface area contributed by atoms with Crippen LogP contribution in [0, 0.1) is 13.8 Å². The van der Waals surface area contributed by atoms with Crippen molar-refractivity contribution in [2.45, 2.75) is 65.5 Å². The number of hydrogen-bond donors (Lipinski definition) is 0. The predicted octanol–water partition coefficient (Wildman–Crippen LogP) is 4.86. The standard InChI is InChI=1S/C28H35ClN2O4/c1-5-35-26(33)7-6-13-30(19-22-8-10-24(29)11-9-22)27(34)28(4)12-14-31(28)25(32)18-23-16-20(2)15-21(3)17-23/h8-11,15-17H,5-7,12-14,18-19H2,1-4H3. The minimum atomic E-state index is -0.897. The Morgan fingerprint density at radius 2 is 1.71 bits per heavy atom. The number of carbonyl (C=O) groups is 3. The molecule has 1 saturated heterocycles. The fraction of sp³-hybridized carbons (Fsp3) is 0.464. The third kappa shape index (κ3) is 6.85. The topological polar surface area (TPSA) is 66.9 Å². The summed E-state index contributed by atoms with van der Waals surface area (Å²) in [5, 5.41) is 0.628. The molecule has 0 N–H and O–H groups in total. The second kappa shape index (κ2) is 11.7. The molecule has 35 heavy (non-hydrogen) atoms. The minimum absolute atomic E-state index is 0.0462. The van der Waals surface area contributed by atoms with Gasteiger partial charge in [0.15, 0.2) is 0 Å². The molecule has 2 aromatic carbocycles. The number of halogens is 1. The van der Waals surface area contributed by atoms with Crippen molar-refractivity contribution in [3.05, 3.63) is 69.7 Å². The van der Waals surface area contributed by atoms with Gasteiger partial charge < -0.3 is 14.5 Å². The summed E-state index contributed by atoms with van der Waals surface area (Å²) in [6.07, 6.45) is 1.61. The van der Waals surface area contributed by atoms with Crippen molar-refractivity contribution in [2.24, 2.45) is 0 Å². The van der Waals surface area contributed by atoms with Crippen LogP contribution in [-0.2, 0) is 32.1 Å². The Bertz CT molecular complexity index is 1050. The van der Waals surface area contributed by atoms with Crippen LogP contribution >= 0.6 is 11.6 Å². The van der Waals surface area contributed by atoms with Crippen molar-refractivity contribution in [3.63, 3.8) is 0 Å². The molecule has 0 bridgehead atoms. The van der Waals surface area contributed by atoms with Crippen molar-refractivity contribution < 1.29 is 19.1 Å². The van der Waals surface area contributed by atoms with Crippen molar-refractivity contribution in [3.8, 4) is 0 Å². The molecule has 188 valence electrons.